The molecule has 1 saturated heterocycles. The molecular formula is C24H22F2N8O2. The molecule has 3 aromatic rings. The third kappa shape index (κ3) is 4.31. The van der Waals surface area contributed by atoms with Crippen molar-refractivity contribution in [3.05, 3.63) is 59.3 Å². The van der Waals surface area contributed by atoms with Crippen LogP contribution < -0.4 is 10.1 Å². The van der Waals surface area contributed by atoms with E-state index in [0.717, 1.165) is 12.3 Å². The van der Waals surface area contributed by atoms with Crippen LogP contribution in [0.3, 0.4) is 0 Å². The van der Waals surface area contributed by atoms with Crippen molar-refractivity contribution in [3.8, 4) is 23.2 Å². The van der Waals surface area contributed by atoms with Gasteiger partial charge in [-0.2, -0.15) is 15.5 Å². The van der Waals surface area contributed by atoms with E-state index < -0.39 is 23.8 Å². The van der Waals surface area contributed by atoms with Gasteiger partial charge in [0.1, 0.15) is 17.7 Å². The molecule has 0 unspecified atom stereocenters. The molecule has 36 heavy (non-hydrogen) atoms. The lowest BCUT2D eigenvalue weighted by Crippen LogP contribution is -2.58. The molecule has 2 aliphatic rings. The molecule has 184 valence electrons. The third-order valence-electron chi connectivity index (χ3n) is 6.09. The summed E-state index contributed by atoms with van der Waals surface area (Å²) in [5.41, 5.74) is 1.85. The van der Waals surface area contributed by atoms with Crippen LogP contribution in [0.4, 0.5) is 19.4 Å². The molecule has 10 nitrogen and oxygen atoms in total. The minimum Gasteiger partial charge on any atom is -0.483 e. The highest BCUT2D eigenvalue weighted by Gasteiger charge is 2.39. The van der Waals surface area contributed by atoms with Crippen LogP contribution in [0, 0.1) is 23.0 Å². The molecule has 0 bridgehead atoms. The Kier molecular flexibility index (Phi) is 5.97. The van der Waals surface area contributed by atoms with Crippen LogP contribution in [-0.4, -0.2) is 63.2 Å². The van der Waals surface area contributed by atoms with E-state index in [9.17, 15) is 13.6 Å². The van der Waals surface area contributed by atoms with E-state index >= 15 is 0 Å². The van der Waals surface area contributed by atoms with E-state index in [0.29, 0.717) is 29.2 Å². The number of ether oxygens (including phenoxy) is 1. The summed E-state index contributed by atoms with van der Waals surface area (Å²) < 4.78 is 35.8. The topological polar surface area (TPSA) is 112 Å². The Balaban J connectivity index is 1.25. The summed E-state index contributed by atoms with van der Waals surface area (Å²) in [4.78, 5) is 18.7. The van der Waals surface area contributed by atoms with E-state index in [-0.39, 0.29) is 30.4 Å². The maximum Gasteiger partial charge on any atom is 0.341 e. The minimum atomic E-state index is -0.608. The zero-order valence-corrected chi connectivity index (χ0v) is 19.5. The van der Waals surface area contributed by atoms with Crippen LogP contribution in [0.1, 0.15) is 23.6 Å². The van der Waals surface area contributed by atoms with Gasteiger partial charge in [-0.25, -0.2) is 18.6 Å². The number of amides is 2. The second kappa shape index (κ2) is 9.26. The van der Waals surface area contributed by atoms with E-state index in [1.54, 1.807) is 37.1 Å². The number of likely N-dealkylation sites (tertiary alicyclic amines) is 1. The van der Waals surface area contributed by atoms with E-state index in [1.807, 2.05) is 6.07 Å². The van der Waals surface area contributed by atoms with Crippen LogP contribution in [0.5, 0.6) is 5.75 Å². The molecule has 0 aliphatic carbocycles. The molecule has 2 aliphatic heterocycles. The number of hydrogen-bond acceptors (Lipinski definition) is 7. The normalized spacial score (nSPS) is 17.1. The van der Waals surface area contributed by atoms with Crippen LogP contribution in [0.25, 0.3) is 11.4 Å². The lowest BCUT2D eigenvalue weighted by atomic mass is 10.0. The number of nitriles is 1. The van der Waals surface area contributed by atoms with E-state index in [1.165, 1.54) is 22.0 Å². The predicted molar refractivity (Wildman–Crippen MR) is 126 cm³/mol. The van der Waals surface area contributed by atoms with Gasteiger partial charge in [0.2, 0.25) is 0 Å². The first-order valence-electron chi connectivity index (χ1n) is 11.2. The monoisotopic (exact) mass is 492 g/mol. The molecule has 1 fully saturated rings. The van der Waals surface area contributed by atoms with E-state index in [4.69, 9.17) is 10.00 Å². The van der Waals surface area contributed by atoms with Gasteiger partial charge in [-0.05, 0) is 23.8 Å². The number of aryl methyl sites for hydroxylation is 1. The average molecular weight is 492 g/mol. The van der Waals surface area contributed by atoms with Crippen molar-refractivity contribution >= 4 is 18.1 Å². The number of carbonyl (C=O) groups is 1. The lowest BCUT2D eigenvalue weighted by molar-refractivity contribution is 0.0257. The zero-order chi connectivity index (χ0) is 25.4. The zero-order valence-electron chi connectivity index (χ0n) is 19.5. The standard InChI is InChI=1S/C24H22F2N8O2/c1-28-23-9-21(32(2)31-23)19-8-22(18(26)11-29-19)36-17-12-33(13-17)24(35)34-20(3-4-30-34)15-5-14(10-27)6-16(25)7-15/h4-9,11,17,20H,3,12-13H2,1-2H3,(H,28,31)/t20-/m0/s1. The number of anilines is 1. The summed E-state index contributed by atoms with van der Waals surface area (Å²) >= 11 is 0. The van der Waals surface area contributed by atoms with Crippen molar-refractivity contribution in [3.63, 3.8) is 0 Å². The van der Waals surface area contributed by atoms with Crippen molar-refractivity contribution in [1.82, 2.24) is 24.7 Å². The Bertz CT molecular complexity index is 1390. The fraction of sp³-hybridized carbons (Fsp3) is 0.292. The van der Waals surface area contributed by atoms with Crippen molar-refractivity contribution in [1.29, 1.82) is 5.26 Å². The van der Waals surface area contributed by atoms with Gasteiger partial charge in [0, 0.05) is 38.9 Å². The highest BCUT2D eigenvalue weighted by atomic mass is 19.1. The Labute approximate surface area is 205 Å². The highest BCUT2D eigenvalue weighted by Crippen LogP contribution is 2.32. The number of benzene rings is 1. The minimum absolute atomic E-state index is 0.0326. The maximum absolute atomic E-state index is 14.4. The average Bonchev–Trinajstić information content (AvgIpc) is 3.48. The lowest BCUT2D eigenvalue weighted by Gasteiger charge is -2.41. The highest BCUT2D eigenvalue weighted by molar-refractivity contribution is 5.79. The molecule has 0 spiro atoms. The Morgan fingerprint density at radius 3 is 2.75 bits per heavy atom. The molecule has 0 saturated carbocycles. The summed E-state index contributed by atoms with van der Waals surface area (Å²) in [5.74, 6) is -0.472. The van der Waals surface area contributed by atoms with Crippen molar-refractivity contribution < 1.29 is 18.3 Å². The first-order valence-corrected chi connectivity index (χ1v) is 11.2. The number of nitrogens with one attached hydrogen (secondary N) is 1. The third-order valence-corrected chi connectivity index (χ3v) is 6.09. The molecule has 1 aromatic carbocycles. The Morgan fingerprint density at radius 2 is 2.03 bits per heavy atom. The summed E-state index contributed by atoms with van der Waals surface area (Å²) in [5, 5.41) is 21.8. The van der Waals surface area contributed by atoms with E-state index in [2.05, 4.69) is 20.5 Å². The Morgan fingerprint density at radius 1 is 1.22 bits per heavy atom. The van der Waals surface area contributed by atoms with Gasteiger partial charge in [0.25, 0.3) is 0 Å². The van der Waals surface area contributed by atoms with Gasteiger partial charge in [0.05, 0.1) is 48.3 Å². The van der Waals surface area contributed by atoms with Gasteiger partial charge in [0.15, 0.2) is 11.6 Å². The fourth-order valence-corrected chi connectivity index (χ4v) is 4.22. The van der Waals surface area contributed by atoms with Crippen LogP contribution in [0.2, 0.25) is 0 Å². The van der Waals surface area contributed by atoms with Gasteiger partial charge >= 0.3 is 6.03 Å². The first-order chi connectivity index (χ1) is 17.4. The van der Waals surface area contributed by atoms with Gasteiger partial charge in [-0.15, -0.1) is 0 Å². The van der Waals surface area contributed by atoms with Crippen LogP contribution in [0.15, 0.2) is 41.6 Å². The summed E-state index contributed by atoms with van der Waals surface area (Å²) in [7, 11) is 3.51. The largest absolute Gasteiger partial charge is 0.483 e. The molecule has 2 aromatic heterocycles. The van der Waals surface area contributed by atoms with Gasteiger partial charge in [-0.3, -0.25) is 9.67 Å². The van der Waals surface area contributed by atoms with Crippen LogP contribution >= 0.6 is 0 Å². The second-order valence-electron chi connectivity index (χ2n) is 8.49. The number of urea groups is 1. The van der Waals surface area contributed by atoms with Gasteiger partial charge < -0.3 is 15.0 Å². The van der Waals surface area contributed by atoms with Gasteiger partial charge in [-0.1, -0.05) is 0 Å². The molecule has 4 heterocycles. The SMILES string of the molecule is CNc1cc(-c2cc(OC3CN(C(=O)N4N=CC[C@H]4c4cc(F)cc(C#N)c4)C3)c(F)cn2)n(C)n1. The van der Waals surface area contributed by atoms with Crippen LogP contribution in [-0.2, 0) is 7.05 Å². The quantitative estimate of drug-likeness (QED) is 0.585. The fourth-order valence-electron chi connectivity index (χ4n) is 4.22. The summed E-state index contributed by atoms with van der Waals surface area (Å²) in [6.07, 6.45) is 2.67. The van der Waals surface area contributed by atoms with Crippen molar-refractivity contribution in [2.24, 2.45) is 12.1 Å². The number of carbonyl (C=O) groups excluding carboxylic acids is 1. The molecule has 0 radical (unpaired) electrons. The molecule has 12 heteroatoms. The van der Waals surface area contributed by atoms with Crippen molar-refractivity contribution in [2.45, 2.75) is 18.6 Å². The smallest absolute Gasteiger partial charge is 0.341 e. The van der Waals surface area contributed by atoms with Crippen molar-refractivity contribution in [2.75, 3.05) is 25.5 Å². The predicted octanol–water partition coefficient (Wildman–Crippen LogP) is 3.29. The summed E-state index contributed by atoms with van der Waals surface area (Å²) in [6, 6.07) is 8.33. The number of hydrogen-bond donors (Lipinski definition) is 1. The number of aromatic nitrogens is 3. The summed E-state index contributed by atoms with van der Waals surface area (Å²) in [6.45, 7) is 0.466. The number of rotatable bonds is 5. The Hall–Kier alpha value is -4.53. The number of halogens is 2. The maximum atomic E-state index is 14.4. The molecule has 1 atom stereocenters. The second-order valence-corrected chi connectivity index (χ2v) is 8.49. The first kappa shape index (κ1) is 23.2. The number of pyridine rings is 1. The molecule has 5 rings (SSSR count). The number of hydrazone groups is 1. The molecular weight excluding hydrogens is 470 g/mol. The number of nitrogens with zero attached hydrogens (tertiary/aromatic N) is 7. The molecule has 1 N–H and O–H groups in total. The molecule has 2 amide bonds.